The summed E-state index contributed by atoms with van der Waals surface area (Å²) in [7, 11) is -3.37. The monoisotopic (exact) mass is 268 g/mol. The Hall–Kier alpha value is -0.910. The minimum absolute atomic E-state index is 0.253. The smallest absolute Gasteiger partial charge is 0.243 e. The van der Waals surface area contributed by atoms with E-state index in [0.717, 1.165) is 25.7 Å². The summed E-state index contributed by atoms with van der Waals surface area (Å²) >= 11 is 0. The van der Waals surface area contributed by atoms with Crippen LogP contribution in [0.4, 0.5) is 0 Å². The molecule has 0 amide bonds. The molecule has 0 unspecified atom stereocenters. The minimum Gasteiger partial charge on any atom is -0.326 e. The first-order valence-corrected chi connectivity index (χ1v) is 7.88. The van der Waals surface area contributed by atoms with Crippen LogP contribution in [0.2, 0.25) is 0 Å². The van der Waals surface area contributed by atoms with Crippen molar-refractivity contribution in [3.8, 4) is 0 Å². The molecule has 0 aromatic heterocycles. The molecule has 4 nitrogen and oxygen atoms in total. The fourth-order valence-electron chi connectivity index (χ4n) is 2.35. The molecule has 1 aromatic carbocycles. The lowest BCUT2D eigenvalue weighted by atomic mass is 10.2. The number of benzene rings is 1. The first-order valence-electron chi connectivity index (χ1n) is 6.44. The van der Waals surface area contributed by atoms with Crippen LogP contribution >= 0.6 is 0 Å². The van der Waals surface area contributed by atoms with Crippen molar-refractivity contribution in [2.45, 2.75) is 37.1 Å². The number of sulfonamides is 1. The Labute approximate surface area is 109 Å². The molecule has 2 rings (SSSR count). The Morgan fingerprint density at radius 2 is 1.67 bits per heavy atom. The predicted molar refractivity (Wildman–Crippen MR) is 71.6 cm³/mol. The topological polar surface area (TPSA) is 63.4 Å². The van der Waals surface area contributed by atoms with Gasteiger partial charge in [0.1, 0.15) is 0 Å². The number of hydrogen-bond donors (Lipinski definition) is 1. The Kier molecular flexibility index (Phi) is 4.37. The lowest BCUT2D eigenvalue weighted by molar-refractivity contribution is 0.423. The van der Waals surface area contributed by atoms with Gasteiger partial charge in [-0.05, 0) is 24.5 Å². The van der Waals surface area contributed by atoms with Crippen molar-refractivity contribution in [3.05, 3.63) is 29.8 Å². The van der Waals surface area contributed by atoms with Crippen LogP contribution in [0.25, 0.3) is 0 Å². The van der Waals surface area contributed by atoms with Crippen molar-refractivity contribution in [1.29, 1.82) is 0 Å². The summed E-state index contributed by atoms with van der Waals surface area (Å²) in [6.45, 7) is 1.51. The van der Waals surface area contributed by atoms with Crippen LogP contribution in [0, 0.1) is 0 Å². The fraction of sp³-hybridized carbons (Fsp3) is 0.538. The Balaban J connectivity index is 2.34. The zero-order chi connectivity index (χ0) is 13.0. The SMILES string of the molecule is NCc1ccccc1S(=O)(=O)N1CCCCCC1. The van der Waals surface area contributed by atoms with Gasteiger partial charge in [0, 0.05) is 19.6 Å². The molecule has 18 heavy (non-hydrogen) atoms. The van der Waals surface area contributed by atoms with Crippen LogP contribution < -0.4 is 5.73 Å². The molecule has 0 aliphatic carbocycles. The third-order valence-electron chi connectivity index (χ3n) is 3.38. The van der Waals surface area contributed by atoms with Gasteiger partial charge in [0.05, 0.1) is 4.90 Å². The Bertz CT molecular complexity index is 491. The van der Waals surface area contributed by atoms with E-state index in [1.807, 2.05) is 6.07 Å². The van der Waals surface area contributed by atoms with Crippen molar-refractivity contribution in [2.75, 3.05) is 13.1 Å². The van der Waals surface area contributed by atoms with E-state index in [-0.39, 0.29) is 6.54 Å². The maximum atomic E-state index is 12.6. The molecule has 1 aliphatic heterocycles. The summed E-state index contributed by atoms with van der Waals surface area (Å²) in [5.74, 6) is 0. The maximum Gasteiger partial charge on any atom is 0.243 e. The summed E-state index contributed by atoms with van der Waals surface area (Å²) in [5, 5.41) is 0. The standard InChI is InChI=1S/C13H20N2O2S/c14-11-12-7-3-4-8-13(12)18(16,17)15-9-5-1-2-6-10-15/h3-4,7-8H,1-2,5-6,9-11,14H2. The summed E-state index contributed by atoms with van der Waals surface area (Å²) in [6.07, 6.45) is 4.13. The summed E-state index contributed by atoms with van der Waals surface area (Å²) < 4.78 is 26.8. The quantitative estimate of drug-likeness (QED) is 0.907. The van der Waals surface area contributed by atoms with Gasteiger partial charge in [0.15, 0.2) is 0 Å². The maximum absolute atomic E-state index is 12.6. The van der Waals surface area contributed by atoms with Gasteiger partial charge in [-0.25, -0.2) is 8.42 Å². The van der Waals surface area contributed by atoms with E-state index in [2.05, 4.69) is 0 Å². The van der Waals surface area contributed by atoms with Crippen molar-refractivity contribution in [3.63, 3.8) is 0 Å². The van der Waals surface area contributed by atoms with Crippen LogP contribution in [0.5, 0.6) is 0 Å². The largest absolute Gasteiger partial charge is 0.326 e. The number of rotatable bonds is 3. The van der Waals surface area contributed by atoms with Crippen LogP contribution in [-0.4, -0.2) is 25.8 Å². The molecule has 1 aliphatic rings. The van der Waals surface area contributed by atoms with Crippen molar-refractivity contribution >= 4 is 10.0 Å². The highest BCUT2D eigenvalue weighted by Gasteiger charge is 2.26. The number of nitrogens with two attached hydrogens (primary N) is 1. The second-order valence-electron chi connectivity index (χ2n) is 4.63. The zero-order valence-corrected chi connectivity index (χ0v) is 11.3. The average molecular weight is 268 g/mol. The predicted octanol–water partition coefficient (Wildman–Crippen LogP) is 1.71. The van der Waals surface area contributed by atoms with Gasteiger partial charge < -0.3 is 5.73 Å². The molecule has 100 valence electrons. The van der Waals surface area contributed by atoms with E-state index in [1.165, 1.54) is 0 Å². The molecule has 2 N–H and O–H groups in total. The highest BCUT2D eigenvalue weighted by molar-refractivity contribution is 7.89. The van der Waals surface area contributed by atoms with E-state index in [9.17, 15) is 8.42 Å². The molecule has 1 saturated heterocycles. The van der Waals surface area contributed by atoms with Gasteiger partial charge >= 0.3 is 0 Å². The fourth-order valence-corrected chi connectivity index (χ4v) is 4.10. The van der Waals surface area contributed by atoms with Crippen LogP contribution in [0.1, 0.15) is 31.2 Å². The van der Waals surface area contributed by atoms with Crippen molar-refractivity contribution < 1.29 is 8.42 Å². The molecular formula is C13H20N2O2S. The van der Waals surface area contributed by atoms with Gasteiger partial charge in [0.25, 0.3) is 0 Å². The van der Waals surface area contributed by atoms with Crippen LogP contribution in [0.15, 0.2) is 29.2 Å². The second-order valence-corrected chi connectivity index (χ2v) is 6.54. The van der Waals surface area contributed by atoms with E-state index in [4.69, 9.17) is 5.73 Å². The lowest BCUT2D eigenvalue weighted by Crippen LogP contribution is -2.32. The molecule has 0 radical (unpaired) electrons. The molecule has 0 saturated carbocycles. The average Bonchev–Trinajstić information content (AvgIpc) is 2.68. The zero-order valence-electron chi connectivity index (χ0n) is 10.5. The highest BCUT2D eigenvalue weighted by atomic mass is 32.2. The number of nitrogens with zero attached hydrogens (tertiary/aromatic N) is 1. The molecule has 5 heteroatoms. The Morgan fingerprint density at radius 3 is 2.28 bits per heavy atom. The molecule has 0 atom stereocenters. The van der Waals surface area contributed by atoms with Gasteiger partial charge in [-0.3, -0.25) is 0 Å². The van der Waals surface area contributed by atoms with Gasteiger partial charge in [-0.1, -0.05) is 31.0 Å². The lowest BCUT2D eigenvalue weighted by Gasteiger charge is -2.21. The Morgan fingerprint density at radius 1 is 1.06 bits per heavy atom. The third kappa shape index (κ3) is 2.74. The van der Waals surface area contributed by atoms with Crippen molar-refractivity contribution in [1.82, 2.24) is 4.31 Å². The molecule has 0 spiro atoms. The van der Waals surface area contributed by atoms with Crippen LogP contribution in [0.3, 0.4) is 0 Å². The first-order chi connectivity index (χ1) is 8.66. The second kappa shape index (κ2) is 5.82. The molecule has 0 bridgehead atoms. The molecular weight excluding hydrogens is 248 g/mol. The van der Waals surface area contributed by atoms with E-state index in [1.54, 1.807) is 22.5 Å². The van der Waals surface area contributed by atoms with Gasteiger partial charge in [-0.15, -0.1) is 0 Å². The first kappa shape index (κ1) is 13.5. The van der Waals surface area contributed by atoms with Gasteiger partial charge in [-0.2, -0.15) is 4.31 Å². The highest BCUT2D eigenvalue weighted by Crippen LogP contribution is 2.22. The minimum atomic E-state index is -3.37. The van der Waals surface area contributed by atoms with E-state index >= 15 is 0 Å². The normalized spacial score (nSPS) is 18.5. The van der Waals surface area contributed by atoms with Crippen LogP contribution in [-0.2, 0) is 16.6 Å². The number of hydrogen-bond acceptors (Lipinski definition) is 3. The third-order valence-corrected chi connectivity index (χ3v) is 5.37. The van der Waals surface area contributed by atoms with Gasteiger partial charge in [0.2, 0.25) is 10.0 Å². The summed E-state index contributed by atoms with van der Waals surface area (Å²) in [4.78, 5) is 0.370. The summed E-state index contributed by atoms with van der Waals surface area (Å²) in [6, 6.07) is 7.01. The molecule has 1 heterocycles. The van der Waals surface area contributed by atoms with E-state index in [0.29, 0.717) is 23.5 Å². The molecule has 1 aromatic rings. The van der Waals surface area contributed by atoms with Crippen molar-refractivity contribution in [2.24, 2.45) is 5.73 Å². The van der Waals surface area contributed by atoms with E-state index < -0.39 is 10.0 Å². The molecule has 1 fully saturated rings. The summed E-state index contributed by atoms with van der Waals surface area (Å²) in [5.41, 5.74) is 6.32.